The largest absolute Gasteiger partial charge is 0.372 e. The molecule has 0 radical (unpaired) electrons. The van der Waals surface area contributed by atoms with Gasteiger partial charge < -0.3 is 5.32 Å². The van der Waals surface area contributed by atoms with E-state index in [-0.39, 0.29) is 11.1 Å². The maximum atomic E-state index is 12.6. The molecule has 0 aliphatic heterocycles. The molecule has 0 spiro atoms. The SMILES string of the molecule is Cc1cccc(C(Nc2ccc(S(=O)(=O)C(C)(C)C)nc2)c2ccccn2)c1. The van der Waals surface area contributed by atoms with E-state index in [9.17, 15) is 8.42 Å². The van der Waals surface area contributed by atoms with E-state index in [1.165, 1.54) is 0 Å². The van der Waals surface area contributed by atoms with E-state index in [2.05, 4.69) is 21.4 Å². The Balaban J connectivity index is 1.94. The Bertz CT molecular complexity index is 1040. The molecule has 0 fully saturated rings. The van der Waals surface area contributed by atoms with Gasteiger partial charge in [0.15, 0.2) is 14.9 Å². The molecule has 146 valence electrons. The molecular weight excluding hydrogens is 370 g/mol. The van der Waals surface area contributed by atoms with Crippen LogP contribution < -0.4 is 5.32 Å². The third-order valence-corrected chi connectivity index (χ3v) is 6.89. The van der Waals surface area contributed by atoms with E-state index in [4.69, 9.17) is 0 Å². The van der Waals surface area contributed by atoms with Crippen LogP contribution in [0.25, 0.3) is 0 Å². The normalized spacial score (nSPS) is 13.1. The fourth-order valence-electron chi connectivity index (χ4n) is 2.83. The fourth-order valence-corrected chi connectivity index (χ4v) is 3.90. The van der Waals surface area contributed by atoms with E-state index in [1.807, 2.05) is 43.3 Å². The maximum absolute atomic E-state index is 12.6. The van der Waals surface area contributed by atoms with E-state index >= 15 is 0 Å². The number of nitrogens with zero attached hydrogens (tertiary/aromatic N) is 2. The topological polar surface area (TPSA) is 72.0 Å². The van der Waals surface area contributed by atoms with Crippen LogP contribution in [-0.4, -0.2) is 23.1 Å². The molecule has 1 aromatic carbocycles. The van der Waals surface area contributed by atoms with Gasteiger partial charge >= 0.3 is 0 Å². The number of rotatable bonds is 5. The highest BCUT2D eigenvalue weighted by Gasteiger charge is 2.32. The fraction of sp³-hybridized carbons (Fsp3) is 0.273. The first-order valence-electron chi connectivity index (χ1n) is 9.13. The molecule has 0 bridgehead atoms. The first-order chi connectivity index (χ1) is 13.2. The lowest BCUT2D eigenvalue weighted by Gasteiger charge is -2.21. The molecule has 1 atom stereocenters. The Hall–Kier alpha value is -2.73. The van der Waals surface area contributed by atoms with E-state index in [0.29, 0.717) is 0 Å². The molecule has 0 aliphatic carbocycles. The Kier molecular flexibility index (Phi) is 5.52. The predicted octanol–water partition coefficient (Wildman–Crippen LogP) is 4.56. The maximum Gasteiger partial charge on any atom is 0.200 e. The second-order valence-corrected chi connectivity index (χ2v) is 10.4. The van der Waals surface area contributed by atoms with E-state index in [1.54, 1.807) is 45.3 Å². The number of nitrogens with one attached hydrogen (secondary N) is 1. The van der Waals surface area contributed by atoms with Crippen molar-refractivity contribution < 1.29 is 8.42 Å². The standard InChI is InChI=1S/C22H25N3O2S/c1-16-8-7-9-17(14-16)21(19-10-5-6-13-23-19)25-18-11-12-20(24-15-18)28(26,27)22(2,3)4/h5-15,21,25H,1-4H3. The van der Waals surface area contributed by atoms with Gasteiger partial charge in [0.05, 0.1) is 28.4 Å². The monoisotopic (exact) mass is 395 g/mol. The molecule has 0 aliphatic rings. The summed E-state index contributed by atoms with van der Waals surface area (Å²) in [5, 5.41) is 3.52. The minimum Gasteiger partial charge on any atom is -0.372 e. The third kappa shape index (κ3) is 4.22. The van der Waals surface area contributed by atoms with Gasteiger partial charge in [-0.05, 0) is 57.5 Å². The molecule has 1 unspecified atom stereocenters. The molecule has 28 heavy (non-hydrogen) atoms. The van der Waals surface area contributed by atoms with Crippen LogP contribution in [0.5, 0.6) is 0 Å². The van der Waals surface area contributed by atoms with Crippen molar-refractivity contribution in [2.24, 2.45) is 0 Å². The number of sulfone groups is 1. The Morgan fingerprint density at radius 3 is 2.32 bits per heavy atom. The molecule has 0 amide bonds. The highest BCUT2D eigenvalue weighted by atomic mass is 32.2. The van der Waals surface area contributed by atoms with Crippen LogP contribution in [0.2, 0.25) is 0 Å². The molecule has 2 aromatic heterocycles. The number of aromatic nitrogens is 2. The van der Waals surface area contributed by atoms with Crippen LogP contribution in [0.15, 0.2) is 72.0 Å². The van der Waals surface area contributed by atoms with Crippen LogP contribution in [0.3, 0.4) is 0 Å². The second kappa shape index (κ2) is 7.72. The second-order valence-electron chi connectivity index (χ2n) is 7.75. The summed E-state index contributed by atoms with van der Waals surface area (Å²) in [6.07, 6.45) is 3.32. The number of hydrogen-bond acceptors (Lipinski definition) is 5. The first kappa shape index (κ1) is 20.0. The minimum atomic E-state index is -3.48. The van der Waals surface area contributed by atoms with Gasteiger partial charge in [0, 0.05) is 6.20 Å². The summed E-state index contributed by atoms with van der Waals surface area (Å²) < 4.78 is 24.3. The molecule has 0 saturated heterocycles. The van der Waals surface area contributed by atoms with Crippen molar-refractivity contribution in [2.75, 3.05) is 5.32 Å². The lowest BCUT2D eigenvalue weighted by molar-refractivity contribution is 0.556. The number of pyridine rings is 2. The summed E-state index contributed by atoms with van der Waals surface area (Å²) >= 11 is 0. The molecule has 1 N–H and O–H groups in total. The molecule has 6 heteroatoms. The zero-order valence-corrected chi connectivity index (χ0v) is 17.4. The number of hydrogen-bond donors (Lipinski definition) is 1. The molecule has 2 heterocycles. The predicted molar refractivity (Wildman–Crippen MR) is 112 cm³/mol. The Morgan fingerprint density at radius 2 is 1.75 bits per heavy atom. The average Bonchev–Trinajstić information content (AvgIpc) is 2.66. The summed E-state index contributed by atoms with van der Waals surface area (Å²) in [6.45, 7) is 7.06. The van der Waals surface area contributed by atoms with Crippen LogP contribution in [-0.2, 0) is 9.84 Å². The molecule has 3 aromatic rings. The van der Waals surface area contributed by atoms with E-state index < -0.39 is 14.6 Å². The molecule has 3 rings (SSSR count). The average molecular weight is 396 g/mol. The van der Waals surface area contributed by atoms with Crippen LogP contribution in [0.1, 0.15) is 43.6 Å². The van der Waals surface area contributed by atoms with Gasteiger partial charge in [-0.3, -0.25) is 4.98 Å². The van der Waals surface area contributed by atoms with Gasteiger partial charge in [-0.25, -0.2) is 13.4 Å². The van der Waals surface area contributed by atoms with Gasteiger partial charge in [0.1, 0.15) is 0 Å². The van der Waals surface area contributed by atoms with Gasteiger partial charge in [-0.1, -0.05) is 35.9 Å². The quantitative estimate of drug-likeness (QED) is 0.686. The number of benzene rings is 1. The molecular formula is C22H25N3O2S. The van der Waals surface area contributed by atoms with Gasteiger partial charge in [0.25, 0.3) is 0 Å². The number of aryl methyl sites for hydroxylation is 1. The van der Waals surface area contributed by atoms with Crippen LogP contribution in [0, 0.1) is 6.92 Å². The zero-order chi connectivity index (χ0) is 20.4. The van der Waals surface area contributed by atoms with Crippen molar-refractivity contribution in [3.8, 4) is 0 Å². The minimum absolute atomic E-state index is 0.0792. The molecule has 5 nitrogen and oxygen atoms in total. The highest BCUT2D eigenvalue weighted by molar-refractivity contribution is 7.92. The summed E-state index contributed by atoms with van der Waals surface area (Å²) in [7, 11) is -3.48. The van der Waals surface area contributed by atoms with Crippen molar-refractivity contribution in [2.45, 2.75) is 43.5 Å². The summed E-state index contributed by atoms with van der Waals surface area (Å²) in [6, 6.07) is 17.1. The lowest BCUT2D eigenvalue weighted by Crippen LogP contribution is -2.28. The Morgan fingerprint density at radius 1 is 0.964 bits per heavy atom. The lowest BCUT2D eigenvalue weighted by atomic mass is 10.0. The highest BCUT2D eigenvalue weighted by Crippen LogP contribution is 2.28. The van der Waals surface area contributed by atoms with Crippen molar-refractivity contribution >= 4 is 15.5 Å². The van der Waals surface area contributed by atoms with Crippen LogP contribution in [0.4, 0.5) is 5.69 Å². The summed E-state index contributed by atoms with van der Waals surface area (Å²) in [4.78, 5) is 8.70. The van der Waals surface area contributed by atoms with Gasteiger partial charge in [-0.2, -0.15) is 0 Å². The van der Waals surface area contributed by atoms with Gasteiger partial charge in [-0.15, -0.1) is 0 Å². The summed E-state index contributed by atoms with van der Waals surface area (Å²) in [5.74, 6) is 0. The smallest absolute Gasteiger partial charge is 0.200 e. The van der Waals surface area contributed by atoms with Gasteiger partial charge in [0.2, 0.25) is 0 Å². The third-order valence-electron chi connectivity index (χ3n) is 4.49. The molecule has 0 saturated carbocycles. The Labute approximate surface area is 166 Å². The van der Waals surface area contributed by atoms with E-state index in [0.717, 1.165) is 22.5 Å². The van der Waals surface area contributed by atoms with Crippen molar-refractivity contribution in [1.29, 1.82) is 0 Å². The van der Waals surface area contributed by atoms with Crippen molar-refractivity contribution in [3.05, 3.63) is 83.8 Å². The zero-order valence-electron chi connectivity index (χ0n) is 16.5. The van der Waals surface area contributed by atoms with Crippen molar-refractivity contribution in [1.82, 2.24) is 9.97 Å². The first-order valence-corrected chi connectivity index (χ1v) is 10.6. The number of anilines is 1. The summed E-state index contributed by atoms with van der Waals surface area (Å²) in [5.41, 5.74) is 3.83. The van der Waals surface area contributed by atoms with Crippen molar-refractivity contribution in [3.63, 3.8) is 0 Å². The van der Waals surface area contributed by atoms with Crippen LogP contribution >= 0.6 is 0 Å².